The fourth-order valence-electron chi connectivity index (χ4n) is 1.77. The first-order valence-electron chi connectivity index (χ1n) is 5.36. The monoisotopic (exact) mass is 289 g/mol. The van der Waals surface area contributed by atoms with E-state index < -0.39 is 12.0 Å². The Morgan fingerprint density at radius 1 is 1.26 bits per heavy atom. The molecular weight excluding hydrogens is 280 g/mol. The Bertz CT molecular complexity index is 550. The van der Waals surface area contributed by atoms with Crippen LogP contribution < -0.4 is 5.32 Å². The number of alkyl halides is 2. The summed E-state index contributed by atoms with van der Waals surface area (Å²) in [4.78, 5) is 11.9. The highest BCUT2D eigenvalue weighted by atomic mass is 35.5. The lowest BCUT2D eigenvalue weighted by Crippen LogP contribution is -2.19. The molecule has 102 valence electrons. The summed E-state index contributed by atoms with van der Waals surface area (Å²) in [5.74, 6) is -2.10. The smallest absolute Gasteiger partial charge is 0.262 e. The molecule has 0 amide bonds. The van der Waals surface area contributed by atoms with Gasteiger partial charge in [0.15, 0.2) is 0 Å². The Morgan fingerprint density at radius 2 is 2.00 bits per heavy atom. The second kappa shape index (κ2) is 5.14. The van der Waals surface area contributed by atoms with E-state index in [2.05, 4.69) is 25.4 Å². The topological polar surface area (TPSA) is 76.7 Å². The van der Waals surface area contributed by atoms with Crippen molar-refractivity contribution >= 4 is 12.4 Å². The molecule has 6 nitrogen and oxygen atoms in total. The fourth-order valence-corrected chi connectivity index (χ4v) is 1.77. The maximum atomic E-state index is 13.0. The van der Waals surface area contributed by atoms with Crippen LogP contribution in [-0.2, 0) is 0 Å². The number of halogens is 3. The highest BCUT2D eigenvalue weighted by molar-refractivity contribution is 5.85. The predicted molar refractivity (Wildman–Crippen MR) is 62.9 cm³/mol. The third-order valence-corrected chi connectivity index (χ3v) is 2.62. The molecule has 2 aromatic heterocycles. The minimum atomic E-state index is -2.73. The van der Waals surface area contributed by atoms with Crippen molar-refractivity contribution in [1.29, 1.82) is 0 Å². The van der Waals surface area contributed by atoms with Gasteiger partial charge in [-0.2, -0.15) is 4.98 Å². The van der Waals surface area contributed by atoms with E-state index in [1.807, 2.05) is 0 Å². The Morgan fingerprint density at radius 3 is 2.63 bits per heavy atom. The van der Waals surface area contributed by atoms with Crippen LogP contribution in [0.4, 0.5) is 8.78 Å². The van der Waals surface area contributed by atoms with Crippen molar-refractivity contribution in [1.82, 2.24) is 25.4 Å². The first-order valence-corrected chi connectivity index (χ1v) is 5.36. The Labute approximate surface area is 113 Å². The summed E-state index contributed by atoms with van der Waals surface area (Å²) < 4.78 is 31.0. The third-order valence-electron chi connectivity index (χ3n) is 2.62. The van der Waals surface area contributed by atoms with Crippen LogP contribution in [0.5, 0.6) is 0 Å². The Kier molecular flexibility index (Phi) is 3.72. The van der Waals surface area contributed by atoms with Crippen LogP contribution >= 0.6 is 12.4 Å². The average Bonchev–Trinajstić information content (AvgIpc) is 2.96. The van der Waals surface area contributed by atoms with Crippen molar-refractivity contribution in [3.8, 4) is 11.6 Å². The molecular formula is C10H10ClF2N5O. The minimum absolute atomic E-state index is 0. The van der Waals surface area contributed by atoms with Crippen molar-refractivity contribution in [3.05, 3.63) is 24.4 Å². The van der Waals surface area contributed by atoms with E-state index in [-0.39, 0.29) is 37.1 Å². The second-order valence-corrected chi connectivity index (χ2v) is 4.02. The molecule has 9 heteroatoms. The van der Waals surface area contributed by atoms with Gasteiger partial charge in [0.2, 0.25) is 17.5 Å². The standard InChI is InChI=1S/C10H9F2N5O.ClH/c11-10(12)4-6(15-5-10)9-16-8(17-18-9)7-13-2-1-3-14-7;/h1-3,6,15H,4-5H2;1H/t6-;/m0./s1. The molecule has 0 unspecified atom stereocenters. The van der Waals surface area contributed by atoms with E-state index in [0.29, 0.717) is 5.82 Å². The van der Waals surface area contributed by atoms with Gasteiger partial charge in [-0.05, 0) is 6.07 Å². The molecule has 0 saturated carbocycles. The van der Waals surface area contributed by atoms with Crippen LogP contribution in [0.2, 0.25) is 0 Å². The molecule has 1 aliphatic heterocycles. The molecule has 1 atom stereocenters. The molecule has 3 rings (SSSR count). The highest BCUT2D eigenvalue weighted by Gasteiger charge is 2.42. The lowest BCUT2D eigenvalue weighted by atomic mass is 10.2. The van der Waals surface area contributed by atoms with Crippen LogP contribution in [0, 0.1) is 0 Å². The zero-order valence-corrected chi connectivity index (χ0v) is 10.4. The van der Waals surface area contributed by atoms with Crippen LogP contribution in [0.15, 0.2) is 23.0 Å². The number of aromatic nitrogens is 4. The van der Waals surface area contributed by atoms with Gasteiger partial charge in [-0.25, -0.2) is 18.7 Å². The van der Waals surface area contributed by atoms with Crippen molar-refractivity contribution < 1.29 is 13.3 Å². The van der Waals surface area contributed by atoms with E-state index in [9.17, 15) is 8.78 Å². The molecule has 1 N–H and O–H groups in total. The molecule has 1 fully saturated rings. The summed E-state index contributed by atoms with van der Waals surface area (Å²) >= 11 is 0. The van der Waals surface area contributed by atoms with Gasteiger partial charge in [0.05, 0.1) is 12.6 Å². The van der Waals surface area contributed by atoms with Crippen molar-refractivity contribution in [2.24, 2.45) is 0 Å². The zero-order valence-electron chi connectivity index (χ0n) is 9.58. The summed E-state index contributed by atoms with van der Waals surface area (Å²) in [6.45, 7) is -0.378. The average molecular weight is 290 g/mol. The number of hydrogen-bond acceptors (Lipinski definition) is 6. The lowest BCUT2D eigenvalue weighted by Gasteiger charge is -2.04. The van der Waals surface area contributed by atoms with Crippen LogP contribution in [0.1, 0.15) is 18.4 Å². The largest absolute Gasteiger partial charge is 0.337 e. The van der Waals surface area contributed by atoms with Gasteiger partial charge in [0, 0.05) is 18.8 Å². The maximum absolute atomic E-state index is 13.0. The van der Waals surface area contributed by atoms with E-state index in [4.69, 9.17) is 4.52 Å². The van der Waals surface area contributed by atoms with Crippen LogP contribution in [0.3, 0.4) is 0 Å². The number of nitrogens with zero attached hydrogens (tertiary/aromatic N) is 4. The zero-order chi connectivity index (χ0) is 12.6. The normalized spacial score (nSPS) is 21.1. The molecule has 1 aliphatic rings. The summed E-state index contributed by atoms with van der Waals surface area (Å²) in [5, 5.41) is 6.32. The van der Waals surface area contributed by atoms with Gasteiger partial charge in [-0.15, -0.1) is 12.4 Å². The Hall–Kier alpha value is -1.67. The molecule has 0 bridgehead atoms. The second-order valence-electron chi connectivity index (χ2n) is 4.02. The summed E-state index contributed by atoms with van der Waals surface area (Å²) in [6, 6.07) is 1.04. The quantitative estimate of drug-likeness (QED) is 0.905. The van der Waals surface area contributed by atoms with Gasteiger partial charge in [-0.3, -0.25) is 5.32 Å². The Balaban J connectivity index is 0.00000133. The molecule has 19 heavy (non-hydrogen) atoms. The van der Waals surface area contributed by atoms with E-state index in [0.717, 1.165) is 0 Å². The minimum Gasteiger partial charge on any atom is -0.337 e. The number of nitrogens with one attached hydrogen (secondary N) is 1. The molecule has 3 heterocycles. The van der Waals surface area contributed by atoms with Gasteiger partial charge < -0.3 is 4.52 Å². The third kappa shape index (κ3) is 2.85. The summed E-state index contributed by atoms with van der Waals surface area (Å²) in [5.41, 5.74) is 0. The molecule has 0 spiro atoms. The van der Waals surface area contributed by atoms with Crippen molar-refractivity contribution in [2.75, 3.05) is 6.54 Å². The molecule has 1 saturated heterocycles. The van der Waals surface area contributed by atoms with Crippen molar-refractivity contribution in [3.63, 3.8) is 0 Å². The number of rotatable bonds is 2. The predicted octanol–water partition coefficient (Wildman–Crippen LogP) is 1.62. The van der Waals surface area contributed by atoms with E-state index >= 15 is 0 Å². The van der Waals surface area contributed by atoms with E-state index in [1.54, 1.807) is 18.5 Å². The molecule has 0 aliphatic carbocycles. The molecule has 0 aromatic carbocycles. The van der Waals surface area contributed by atoms with Gasteiger partial charge in [0.25, 0.3) is 5.92 Å². The first-order chi connectivity index (χ1) is 8.64. The van der Waals surface area contributed by atoms with Gasteiger partial charge >= 0.3 is 0 Å². The summed E-state index contributed by atoms with van der Waals surface area (Å²) in [7, 11) is 0. The summed E-state index contributed by atoms with van der Waals surface area (Å²) in [6.07, 6.45) is 2.74. The van der Waals surface area contributed by atoms with Crippen molar-refractivity contribution in [2.45, 2.75) is 18.4 Å². The van der Waals surface area contributed by atoms with E-state index in [1.165, 1.54) is 0 Å². The highest BCUT2D eigenvalue weighted by Crippen LogP contribution is 2.33. The maximum Gasteiger partial charge on any atom is 0.262 e. The van der Waals surface area contributed by atoms with Crippen LogP contribution in [-0.4, -0.2) is 32.6 Å². The number of hydrogen-bond donors (Lipinski definition) is 1. The van der Waals surface area contributed by atoms with Crippen LogP contribution in [0.25, 0.3) is 11.6 Å². The molecule has 0 radical (unpaired) electrons. The fraction of sp³-hybridized carbons (Fsp3) is 0.400. The first kappa shape index (κ1) is 13.8. The van der Waals surface area contributed by atoms with Gasteiger partial charge in [0.1, 0.15) is 0 Å². The van der Waals surface area contributed by atoms with Gasteiger partial charge in [-0.1, -0.05) is 5.16 Å². The molecule has 2 aromatic rings. The lowest BCUT2D eigenvalue weighted by molar-refractivity contribution is 0.0200. The SMILES string of the molecule is Cl.FC1(F)CN[C@H](c2nc(-c3ncccn3)no2)C1.